The van der Waals surface area contributed by atoms with E-state index in [1.54, 1.807) is 12.3 Å². The third-order valence-corrected chi connectivity index (χ3v) is 2.49. The van der Waals surface area contributed by atoms with Crippen LogP contribution in [0.1, 0.15) is 30.7 Å². The molecular weight excluding hydrogens is 169 g/mol. The molecule has 0 aliphatic heterocycles. The van der Waals surface area contributed by atoms with Gasteiger partial charge in [0.2, 0.25) is 0 Å². The summed E-state index contributed by atoms with van der Waals surface area (Å²) in [7, 11) is 0. The molecule has 1 saturated carbocycles. The number of carbonyl (C=O) groups is 1. The van der Waals surface area contributed by atoms with Crippen LogP contribution >= 0.6 is 0 Å². The molecule has 68 valence electrons. The van der Waals surface area contributed by atoms with Gasteiger partial charge in [-0.15, -0.1) is 0 Å². The highest BCUT2D eigenvalue weighted by Gasteiger charge is 2.25. The highest BCUT2D eigenvalue weighted by Crippen LogP contribution is 2.32. The molecule has 0 spiro atoms. The molecule has 0 saturated heterocycles. The van der Waals surface area contributed by atoms with Crippen molar-refractivity contribution in [3.8, 4) is 0 Å². The van der Waals surface area contributed by atoms with E-state index in [0.717, 1.165) is 6.42 Å². The van der Waals surface area contributed by atoms with E-state index in [0.29, 0.717) is 18.4 Å². The number of carbonyl (C=O) groups excluding carboxylic acids is 1. The van der Waals surface area contributed by atoms with Crippen LogP contribution < -0.4 is 0 Å². The van der Waals surface area contributed by atoms with E-state index in [1.807, 2.05) is 0 Å². The molecule has 2 nitrogen and oxygen atoms in total. The SMILES string of the molecule is O=C1CCC(c2ccncc2F)C1. The Morgan fingerprint density at radius 3 is 3.00 bits per heavy atom. The Kier molecular flexibility index (Phi) is 2.08. The minimum absolute atomic E-state index is 0.0792. The van der Waals surface area contributed by atoms with Gasteiger partial charge in [0.15, 0.2) is 0 Å². The van der Waals surface area contributed by atoms with Crippen LogP contribution in [0.25, 0.3) is 0 Å². The van der Waals surface area contributed by atoms with Crippen LogP contribution in [0.2, 0.25) is 0 Å². The van der Waals surface area contributed by atoms with Crippen molar-refractivity contribution in [2.45, 2.75) is 25.2 Å². The average Bonchev–Trinajstić information content (AvgIpc) is 2.53. The Balaban J connectivity index is 2.26. The fraction of sp³-hybridized carbons (Fsp3) is 0.400. The zero-order valence-electron chi connectivity index (χ0n) is 7.16. The molecule has 0 amide bonds. The van der Waals surface area contributed by atoms with Gasteiger partial charge in [-0.1, -0.05) is 0 Å². The molecule has 1 aliphatic rings. The van der Waals surface area contributed by atoms with Gasteiger partial charge in [0.25, 0.3) is 0 Å². The third-order valence-electron chi connectivity index (χ3n) is 2.49. The first kappa shape index (κ1) is 8.35. The molecule has 3 heteroatoms. The molecule has 1 aromatic heterocycles. The summed E-state index contributed by atoms with van der Waals surface area (Å²) in [6.07, 6.45) is 4.63. The second-order valence-electron chi connectivity index (χ2n) is 3.38. The number of aromatic nitrogens is 1. The Morgan fingerprint density at radius 2 is 2.38 bits per heavy atom. The number of rotatable bonds is 1. The van der Waals surface area contributed by atoms with E-state index in [-0.39, 0.29) is 17.5 Å². The molecule has 2 rings (SSSR count). The van der Waals surface area contributed by atoms with Gasteiger partial charge in [0.1, 0.15) is 11.6 Å². The molecule has 1 aliphatic carbocycles. The number of ketones is 1. The summed E-state index contributed by atoms with van der Waals surface area (Å²) in [5, 5.41) is 0. The summed E-state index contributed by atoms with van der Waals surface area (Å²) in [5.74, 6) is 0.0268. The zero-order valence-corrected chi connectivity index (χ0v) is 7.16. The number of pyridine rings is 1. The molecule has 0 bridgehead atoms. The summed E-state index contributed by atoms with van der Waals surface area (Å²) >= 11 is 0. The lowest BCUT2D eigenvalue weighted by Gasteiger charge is -2.08. The lowest BCUT2D eigenvalue weighted by Crippen LogP contribution is -1.98. The highest BCUT2D eigenvalue weighted by molar-refractivity contribution is 5.81. The molecule has 0 radical (unpaired) electrons. The molecule has 1 aromatic rings. The van der Waals surface area contributed by atoms with Crippen LogP contribution in [0.4, 0.5) is 4.39 Å². The molecule has 1 unspecified atom stereocenters. The molecule has 1 fully saturated rings. The largest absolute Gasteiger partial charge is 0.300 e. The summed E-state index contributed by atoms with van der Waals surface area (Å²) in [6.45, 7) is 0. The molecule has 0 aromatic carbocycles. The Labute approximate surface area is 75.8 Å². The number of Topliss-reactive ketones (excluding diaryl/α,β-unsaturated/α-hetero) is 1. The highest BCUT2D eigenvalue weighted by atomic mass is 19.1. The van der Waals surface area contributed by atoms with Gasteiger partial charge < -0.3 is 0 Å². The van der Waals surface area contributed by atoms with Crippen molar-refractivity contribution in [1.82, 2.24) is 4.98 Å². The number of hydrogen-bond acceptors (Lipinski definition) is 2. The summed E-state index contributed by atoms with van der Waals surface area (Å²) in [4.78, 5) is 14.7. The van der Waals surface area contributed by atoms with Gasteiger partial charge in [-0.3, -0.25) is 9.78 Å². The third kappa shape index (κ3) is 1.59. The zero-order chi connectivity index (χ0) is 9.26. The minimum Gasteiger partial charge on any atom is -0.300 e. The van der Waals surface area contributed by atoms with Gasteiger partial charge in [0.05, 0.1) is 6.20 Å². The van der Waals surface area contributed by atoms with Crippen LogP contribution in [0.3, 0.4) is 0 Å². The predicted octanol–water partition coefficient (Wildman–Crippen LogP) is 2.06. The molecule has 1 atom stereocenters. The molecule has 13 heavy (non-hydrogen) atoms. The van der Waals surface area contributed by atoms with Crippen LogP contribution in [0, 0.1) is 5.82 Å². The fourth-order valence-corrected chi connectivity index (χ4v) is 1.80. The standard InChI is InChI=1S/C10H10FNO/c11-10-6-12-4-3-9(10)7-1-2-8(13)5-7/h3-4,6-7H,1-2,5H2. The van der Waals surface area contributed by atoms with Gasteiger partial charge in [-0.05, 0) is 24.0 Å². The maximum absolute atomic E-state index is 13.2. The second kappa shape index (κ2) is 3.24. The Hall–Kier alpha value is -1.25. The molecule has 0 N–H and O–H groups in total. The summed E-state index contributed by atoms with van der Waals surface area (Å²) in [5.41, 5.74) is 0.640. The van der Waals surface area contributed by atoms with Gasteiger partial charge in [-0.2, -0.15) is 0 Å². The number of hydrogen-bond donors (Lipinski definition) is 0. The average molecular weight is 179 g/mol. The topological polar surface area (TPSA) is 30.0 Å². The van der Waals surface area contributed by atoms with Gasteiger partial charge in [0, 0.05) is 19.0 Å². The maximum Gasteiger partial charge on any atom is 0.144 e. The van der Waals surface area contributed by atoms with E-state index >= 15 is 0 Å². The minimum atomic E-state index is -0.290. The van der Waals surface area contributed by atoms with Crippen molar-refractivity contribution in [3.63, 3.8) is 0 Å². The molecule has 1 heterocycles. The van der Waals surface area contributed by atoms with Crippen molar-refractivity contribution in [3.05, 3.63) is 29.8 Å². The molecular formula is C10H10FNO. The van der Waals surface area contributed by atoms with Crippen molar-refractivity contribution >= 4 is 5.78 Å². The van der Waals surface area contributed by atoms with Crippen LogP contribution in [0.5, 0.6) is 0 Å². The van der Waals surface area contributed by atoms with Crippen molar-refractivity contribution in [1.29, 1.82) is 0 Å². The Morgan fingerprint density at radius 1 is 1.54 bits per heavy atom. The van der Waals surface area contributed by atoms with Crippen LogP contribution in [0.15, 0.2) is 18.5 Å². The first-order valence-corrected chi connectivity index (χ1v) is 4.38. The maximum atomic E-state index is 13.2. The lowest BCUT2D eigenvalue weighted by molar-refractivity contribution is -0.117. The summed E-state index contributed by atoms with van der Waals surface area (Å²) in [6, 6.07) is 1.67. The van der Waals surface area contributed by atoms with Gasteiger partial charge in [-0.25, -0.2) is 4.39 Å². The van der Waals surface area contributed by atoms with E-state index < -0.39 is 0 Å². The smallest absolute Gasteiger partial charge is 0.144 e. The van der Waals surface area contributed by atoms with E-state index in [4.69, 9.17) is 0 Å². The Bertz CT molecular complexity index is 337. The number of halogens is 1. The monoisotopic (exact) mass is 179 g/mol. The first-order valence-electron chi connectivity index (χ1n) is 4.38. The quantitative estimate of drug-likeness (QED) is 0.660. The predicted molar refractivity (Wildman–Crippen MR) is 45.8 cm³/mol. The first-order chi connectivity index (χ1) is 6.27. The van der Waals surface area contributed by atoms with E-state index in [1.165, 1.54) is 6.20 Å². The normalized spacial score (nSPS) is 22.2. The van der Waals surface area contributed by atoms with Crippen molar-refractivity contribution in [2.75, 3.05) is 0 Å². The van der Waals surface area contributed by atoms with Crippen LogP contribution in [-0.2, 0) is 4.79 Å². The lowest BCUT2D eigenvalue weighted by atomic mass is 9.98. The van der Waals surface area contributed by atoms with Crippen molar-refractivity contribution in [2.24, 2.45) is 0 Å². The van der Waals surface area contributed by atoms with E-state index in [2.05, 4.69) is 4.98 Å². The number of nitrogens with zero attached hydrogens (tertiary/aromatic N) is 1. The van der Waals surface area contributed by atoms with Crippen LogP contribution in [-0.4, -0.2) is 10.8 Å². The van der Waals surface area contributed by atoms with Gasteiger partial charge >= 0.3 is 0 Å². The fourth-order valence-electron chi connectivity index (χ4n) is 1.80. The second-order valence-corrected chi connectivity index (χ2v) is 3.38. The van der Waals surface area contributed by atoms with E-state index in [9.17, 15) is 9.18 Å². The van der Waals surface area contributed by atoms with Crippen molar-refractivity contribution < 1.29 is 9.18 Å². The summed E-state index contributed by atoms with van der Waals surface area (Å²) < 4.78 is 13.2.